The van der Waals surface area contributed by atoms with Crippen LogP contribution in [-0.4, -0.2) is 19.8 Å². The van der Waals surface area contributed by atoms with Crippen molar-refractivity contribution in [2.75, 3.05) is 13.7 Å². The second-order valence-electron chi connectivity index (χ2n) is 4.30. The van der Waals surface area contributed by atoms with Gasteiger partial charge in [0.15, 0.2) is 0 Å². The lowest BCUT2D eigenvalue weighted by molar-refractivity contribution is 0.107. The summed E-state index contributed by atoms with van der Waals surface area (Å²) in [5.74, 6) is 0.392. The first-order valence-electron chi connectivity index (χ1n) is 6.05. The zero-order chi connectivity index (χ0) is 12.7. The van der Waals surface area contributed by atoms with Gasteiger partial charge in [0.1, 0.15) is 11.6 Å². The zero-order valence-electron chi connectivity index (χ0n) is 10.8. The molecule has 0 amide bonds. The fraction of sp³-hybridized carbons (Fsp3) is 0.571. The van der Waals surface area contributed by atoms with Crippen molar-refractivity contribution in [1.82, 2.24) is 0 Å². The van der Waals surface area contributed by atoms with E-state index in [0.29, 0.717) is 24.0 Å². The lowest BCUT2D eigenvalue weighted by atomic mass is 10.2. The van der Waals surface area contributed by atoms with Crippen LogP contribution in [0.25, 0.3) is 0 Å². The van der Waals surface area contributed by atoms with Crippen LogP contribution in [0.2, 0.25) is 0 Å². The van der Waals surface area contributed by atoms with Crippen molar-refractivity contribution in [2.45, 2.75) is 39.2 Å². The Bertz CT molecular complexity index is 339. The Morgan fingerprint density at radius 3 is 2.71 bits per heavy atom. The lowest BCUT2D eigenvalue weighted by Crippen LogP contribution is -2.05. The molecular weight excluding hydrogens is 219 g/mol. The van der Waals surface area contributed by atoms with Crippen molar-refractivity contribution < 1.29 is 13.9 Å². The SMILES string of the molecule is COC(C)CCCCOc1ccc(C)c(F)c1. The highest BCUT2D eigenvalue weighted by molar-refractivity contribution is 5.27. The van der Waals surface area contributed by atoms with Gasteiger partial charge in [0.25, 0.3) is 0 Å². The molecule has 1 rings (SSSR count). The topological polar surface area (TPSA) is 18.5 Å². The molecule has 17 heavy (non-hydrogen) atoms. The van der Waals surface area contributed by atoms with Gasteiger partial charge in [0, 0.05) is 13.2 Å². The van der Waals surface area contributed by atoms with Gasteiger partial charge in [-0.2, -0.15) is 0 Å². The normalized spacial score (nSPS) is 12.5. The minimum absolute atomic E-state index is 0.212. The van der Waals surface area contributed by atoms with Gasteiger partial charge in [0.05, 0.1) is 12.7 Å². The predicted molar refractivity (Wildman–Crippen MR) is 67.0 cm³/mol. The molecule has 0 bridgehead atoms. The van der Waals surface area contributed by atoms with Gasteiger partial charge < -0.3 is 9.47 Å². The standard InChI is InChI=1S/C14H21FO2/c1-11-7-8-13(10-14(11)15)17-9-5-4-6-12(2)16-3/h7-8,10,12H,4-6,9H2,1-3H3. The molecule has 0 aliphatic rings. The van der Waals surface area contributed by atoms with Gasteiger partial charge in [-0.3, -0.25) is 0 Å². The maximum Gasteiger partial charge on any atom is 0.129 e. The van der Waals surface area contributed by atoms with E-state index >= 15 is 0 Å². The van der Waals surface area contributed by atoms with E-state index in [9.17, 15) is 4.39 Å². The monoisotopic (exact) mass is 240 g/mol. The summed E-state index contributed by atoms with van der Waals surface area (Å²) in [6, 6.07) is 4.97. The summed E-state index contributed by atoms with van der Waals surface area (Å²) in [6.07, 6.45) is 3.35. The second-order valence-corrected chi connectivity index (χ2v) is 4.30. The number of methoxy groups -OCH3 is 1. The summed E-state index contributed by atoms with van der Waals surface area (Å²) in [5, 5.41) is 0. The Labute approximate surface area is 103 Å². The van der Waals surface area contributed by atoms with Gasteiger partial charge in [0.2, 0.25) is 0 Å². The average Bonchev–Trinajstić information content (AvgIpc) is 2.33. The molecule has 0 N–H and O–H groups in total. The van der Waals surface area contributed by atoms with E-state index in [0.717, 1.165) is 19.3 Å². The van der Waals surface area contributed by atoms with Gasteiger partial charge >= 0.3 is 0 Å². The first kappa shape index (κ1) is 14.0. The number of ether oxygens (including phenoxy) is 2. The van der Waals surface area contributed by atoms with E-state index in [2.05, 4.69) is 6.92 Å². The summed E-state index contributed by atoms with van der Waals surface area (Å²) in [6.45, 7) is 4.42. The molecule has 1 aromatic rings. The Kier molecular flexibility index (Phi) is 5.98. The number of unbranched alkanes of at least 4 members (excludes halogenated alkanes) is 1. The van der Waals surface area contributed by atoms with Gasteiger partial charge in [-0.25, -0.2) is 4.39 Å². The summed E-state index contributed by atoms with van der Waals surface area (Å²) < 4.78 is 23.8. The first-order chi connectivity index (χ1) is 8.13. The molecule has 0 spiro atoms. The maximum atomic E-state index is 13.2. The van der Waals surface area contributed by atoms with Crippen LogP contribution in [0.1, 0.15) is 31.7 Å². The molecule has 0 saturated heterocycles. The van der Waals surface area contributed by atoms with Crippen molar-refractivity contribution >= 4 is 0 Å². The highest BCUT2D eigenvalue weighted by Gasteiger charge is 2.01. The molecule has 0 fully saturated rings. The van der Waals surface area contributed by atoms with Gasteiger partial charge in [-0.15, -0.1) is 0 Å². The molecule has 0 saturated carbocycles. The molecule has 1 unspecified atom stereocenters. The Balaban J connectivity index is 2.20. The van der Waals surface area contributed by atoms with E-state index < -0.39 is 0 Å². The largest absolute Gasteiger partial charge is 0.493 e. The molecule has 0 aliphatic heterocycles. The first-order valence-corrected chi connectivity index (χ1v) is 6.05. The fourth-order valence-corrected chi connectivity index (χ4v) is 1.51. The third-order valence-electron chi connectivity index (χ3n) is 2.82. The molecule has 1 aromatic carbocycles. The average molecular weight is 240 g/mol. The van der Waals surface area contributed by atoms with Crippen LogP contribution >= 0.6 is 0 Å². The van der Waals surface area contributed by atoms with E-state index in [-0.39, 0.29) is 5.82 Å². The Morgan fingerprint density at radius 2 is 2.06 bits per heavy atom. The Morgan fingerprint density at radius 1 is 1.29 bits per heavy atom. The highest BCUT2D eigenvalue weighted by Crippen LogP contribution is 2.16. The Hall–Kier alpha value is -1.09. The van der Waals surface area contributed by atoms with Crippen LogP contribution in [0.4, 0.5) is 4.39 Å². The van der Waals surface area contributed by atoms with Crippen LogP contribution in [0, 0.1) is 12.7 Å². The number of rotatable bonds is 7. The molecule has 0 heterocycles. The molecular formula is C14H21FO2. The molecule has 0 aliphatic carbocycles. The lowest BCUT2D eigenvalue weighted by Gasteiger charge is -2.10. The van der Waals surface area contributed by atoms with E-state index in [1.54, 1.807) is 26.2 Å². The highest BCUT2D eigenvalue weighted by atomic mass is 19.1. The van der Waals surface area contributed by atoms with Crippen LogP contribution in [0.5, 0.6) is 5.75 Å². The van der Waals surface area contributed by atoms with Crippen molar-refractivity contribution in [3.8, 4) is 5.75 Å². The van der Waals surface area contributed by atoms with Crippen LogP contribution < -0.4 is 4.74 Å². The molecule has 3 heteroatoms. The molecule has 2 nitrogen and oxygen atoms in total. The van der Waals surface area contributed by atoms with E-state index in [1.165, 1.54) is 6.07 Å². The van der Waals surface area contributed by atoms with Crippen molar-refractivity contribution in [2.24, 2.45) is 0 Å². The predicted octanol–water partition coefficient (Wildman–Crippen LogP) is 3.72. The molecule has 0 radical (unpaired) electrons. The van der Waals surface area contributed by atoms with Crippen LogP contribution in [-0.2, 0) is 4.74 Å². The number of hydrogen-bond donors (Lipinski definition) is 0. The smallest absolute Gasteiger partial charge is 0.129 e. The number of benzene rings is 1. The minimum Gasteiger partial charge on any atom is -0.493 e. The molecule has 1 atom stereocenters. The van der Waals surface area contributed by atoms with Crippen molar-refractivity contribution in [3.05, 3.63) is 29.6 Å². The van der Waals surface area contributed by atoms with E-state index in [1.807, 2.05) is 0 Å². The number of aryl methyl sites for hydroxylation is 1. The second kappa shape index (κ2) is 7.28. The minimum atomic E-state index is -0.212. The summed E-state index contributed by atoms with van der Waals surface area (Å²) in [7, 11) is 1.72. The van der Waals surface area contributed by atoms with Crippen molar-refractivity contribution in [3.63, 3.8) is 0 Å². The van der Waals surface area contributed by atoms with Gasteiger partial charge in [-0.05, 0) is 44.7 Å². The molecule has 96 valence electrons. The maximum absolute atomic E-state index is 13.2. The fourth-order valence-electron chi connectivity index (χ4n) is 1.51. The zero-order valence-corrected chi connectivity index (χ0v) is 10.8. The third-order valence-corrected chi connectivity index (χ3v) is 2.82. The van der Waals surface area contributed by atoms with E-state index in [4.69, 9.17) is 9.47 Å². The summed E-state index contributed by atoms with van der Waals surface area (Å²) in [4.78, 5) is 0. The van der Waals surface area contributed by atoms with Crippen LogP contribution in [0.3, 0.4) is 0 Å². The third kappa shape index (κ3) is 5.18. The summed E-state index contributed by atoms with van der Waals surface area (Å²) in [5.41, 5.74) is 0.645. The molecule has 0 aromatic heterocycles. The number of hydrogen-bond acceptors (Lipinski definition) is 2. The summed E-state index contributed by atoms with van der Waals surface area (Å²) >= 11 is 0. The number of halogens is 1. The van der Waals surface area contributed by atoms with Crippen LogP contribution in [0.15, 0.2) is 18.2 Å². The van der Waals surface area contributed by atoms with Gasteiger partial charge in [-0.1, -0.05) is 6.07 Å². The van der Waals surface area contributed by atoms with Crippen molar-refractivity contribution in [1.29, 1.82) is 0 Å². The quantitative estimate of drug-likeness (QED) is 0.676.